The molecule has 0 spiro atoms. The molecule has 85 heavy (non-hydrogen) atoms. The Balaban J connectivity index is 1.56. The summed E-state index contributed by atoms with van der Waals surface area (Å²) in [6, 6.07) is 33.6. The monoisotopic (exact) mass is 1160 g/mol. The number of hydrogen-bond acceptors (Lipinski definition) is 18. The third kappa shape index (κ3) is 23.1. The fourth-order valence-corrected chi connectivity index (χ4v) is 8.05. The smallest absolute Gasteiger partial charge is 0.348 e. The van der Waals surface area contributed by atoms with Crippen molar-refractivity contribution in [1.29, 1.82) is 10.5 Å². The predicted octanol–water partition coefficient (Wildman–Crippen LogP) is 9.17. The molecule has 20 nitrogen and oxygen atoms in total. The van der Waals surface area contributed by atoms with E-state index in [-0.39, 0.29) is 75.4 Å². The van der Waals surface area contributed by atoms with Crippen molar-refractivity contribution in [2.24, 2.45) is 5.41 Å². The molecular weight excluding hydrogens is 1080 g/mol. The number of likely N-dealkylation sites (N-methyl/N-ethyl adjacent to an activating group) is 4. The highest BCUT2D eigenvalue weighted by molar-refractivity contribution is 5.99. The first-order valence-electron chi connectivity index (χ1n) is 27.7. The molecule has 0 amide bonds. The maximum atomic E-state index is 12.2. The Hall–Kier alpha value is -9.28. The molecule has 0 fully saturated rings. The molecule has 4 rings (SSSR count). The summed E-state index contributed by atoms with van der Waals surface area (Å²) < 4.78 is 46.2. The molecule has 0 aromatic heterocycles. The lowest BCUT2D eigenvalue weighted by molar-refractivity contribution is -0.138. The van der Waals surface area contributed by atoms with Gasteiger partial charge in [0.05, 0.1) is 97.8 Å². The first-order chi connectivity index (χ1) is 41.1. The van der Waals surface area contributed by atoms with E-state index in [0.717, 1.165) is 22.7 Å². The Bertz CT molecular complexity index is 2670. The van der Waals surface area contributed by atoms with Crippen molar-refractivity contribution in [3.63, 3.8) is 0 Å². The highest BCUT2D eigenvalue weighted by Crippen LogP contribution is 2.25. The van der Waals surface area contributed by atoms with E-state index in [2.05, 4.69) is 9.69 Å². The zero-order valence-corrected chi connectivity index (χ0v) is 49.8. The number of hydrogen-bond donors (Lipinski definition) is 0. The first-order valence-corrected chi connectivity index (χ1v) is 27.7. The molecule has 20 heteroatoms. The van der Waals surface area contributed by atoms with Crippen molar-refractivity contribution in [2.45, 2.75) is 27.7 Å². The van der Waals surface area contributed by atoms with E-state index < -0.39 is 29.3 Å². The Morgan fingerprint density at radius 1 is 0.424 bits per heavy atom. The number of nitriles is 2. The Labute approximate surface area is 499 Å². The van der Waals surface area contributed by atoms with Gasteiger partial charge in [-0.3, -0.25) is 9.59 Å². The van der Waals surface area contributed by atoms with Crippen molar-refractivity contribution in [3.05, 3.63) is 165 Å². The van der Waals surface area contributed by atoms with Gasteiger partial charge in [-0.25, -0.2) is 19.3 Å². The van der Waals surface area contributed by atoms with Crippen molar-refractivity contribution in [3.8, 4) is 12.1 Å². The summed E-state index contributed by atoms with van der Waals surface area (Å²) in [5.74, 6) is -2.71. The van der Waals surface area contributed by atoms with Crippen LogP contribution in [0.3, 0.4) is 0 Å². The van der Waals surface area contributed by atoms with Crippen molar-refractivity contribution >= 4 is 70.9 Å². The lowest BCUT2D eigenvalue weighted by Crippen LogP contribution is -2.43. The number of rotatable bonds is 36. The van der Waals surface area contributed by atoms with Crippen LogP contribution in [0.5, 0.6) is 0 Å². The maximum Gasteiger partial charge on any atom is 0.348 e. The maximum absolute atomic E-state index is 12.2. The fourth-order valence-electron chi connectivity index (χ4n) is 8.05. The van der Waals surface area contributed by atoms with Crippen LogP contribution in [-0.2, 0) is 57.1 Å². The van der Waals surface area contributed by atoms with Crippen LogP contribution in [0.1, 0.15) is 49.9 Å². The Kier molecular flexibility index (Phi) is 29.7. The second-order valence-corrected chi connectivity index (χ2v) is 19.3. The van der Waals surface area contributed by atoms with Crippen LogP contribution < -0.4 is 19.6 Å². The van der Waals surface area contributed by atoms with Gasteiger partial charge in [0.25, 0.3) is 11.4 Å². The molecule has 0 saturated heterocycles. The van der Waals surface area contributed by atoms with Crippen molar-refractivity contribution in [1.82, 2.24) is 0 Å². The molecule has 0 saturated carbocycles. The van der Waals surface area contributed by atoms with E-state index in [9.17, 15) is 29.7 Å². The van der Waals surface area contributed by atoms with Crippen LogP contribution in [-0.4, -0.2) is 158 Å². The number of carbonyl (C=O) groups is 4. The van der Waals surface area contributed by atoms with Gasteiger partial charge in [0.1, 0.15) is 23.3 Å². The quantitative estimate of drug-likeness (QED) is 0.0104. The molecule has 0 unspecified atom stereocenters. The number of nitrogens with zero attached hydrogens (tertiary/aromatic N) is 8. The third-order valence-corrected chi connectivity index (χ3v) is 12.9. The van der Waals surface area contributed by atoms with Crippen LogP contribution >= 0.6 is 0 Å². The minimum atomic E-state index is -0.813. The van der Waals surface area contributed by atoms with Crippen LogP contribution in [0.2, 0.25) is 0 Å². The fraction of sp³-hybridized carbons (Fsp3) is 0.385. The summed E-state index contributed by atoms with van der Waals surface area (Å²) >= 11 is 0. The van der Waals surface area contributed by atoms with Crippen LogP contribution in [0.15, 0.2) is 120 Å². The summed E-state index contributed by atoms with van der Waals surface area (Å²) in [7, 11) is 7.76. The number of ether oxygens (including phenoxy) is 8. The molecule has 0 bridgehead atoms. The number of benzene rings is 4. The van der Waals surface area contributed by atoms with Gasteiger partial charge >= 0.3 is 23.9 Å². The normalized spacial score (nSPS) is 11.7. The van der Waals surface area contributed by atoms with Crippen molar-refractivity contribution in [2.75, 3.05) is 153 Å². The van der Waals surface area contributed by atoms with E-state index in [4.69, 9.17) is 51.0 Å². The zero-order valence-electron chi connectivity index (χ0n) is 49.8. The highest BCUT2D eigenvalue weighted by atomic mass is 16.5. The number of carbonyl (C=O) groups excluding carboxylic acids is 4. The van der Waals surface area contributed by atoms with Gasteiger partial charge < -0.3 is 57.5 Å². The molecule has 448 valence electrons. The number of esters is 4. The van der Waals surface area contributed by atoms with Gasteiger partial charge in [-0.15, -0.1) is 0 Å². The topological polar surface area (TPSA) is 211 Å². The standard InChI is InChI=1S/C65H76N8O12/c1-11-82-61(74)53(43-66)39-49-15-23-55(24-16-49)70(7)31-35-78-45-65(46-79-36-32-71(8)56-25-17-50(18-26-56)40-54(44-67)62(75)83-12-2,47-80-37-33-72(9)57-27-19-51(20-28-57)41-59(68-5)63(76)84-13-3)48-81-38-34-73(10)58-29-21-52(22-30-58)42-60(69-6)64(77)85-14-4/h15-30,39-42H,11-14,31-38,45-48H2,1-4,7-10H3/b53-39+,54-40+,59-41-,60-42-. The van der Waals surface area contributed by atoms with E-state index in [0.29, 0.717) is 74.9 Å². The van der Waals surface area contributed by atoms with Gasteiger partial charge in [0, 0.05) is 77.1 Å². The predicted molar refractivity (Wildman–Crippen MR) is 327 cm³/mol. The zero-order chi connectivity index (χ0) is 62.0. The average molecular weight is 1160 g/mol. The SMILES string of the molecule is [C-]#[N+]/C(=C\c1ccc(N(C)CCOCC(COCCN(C)c2ccc(/C=C(\[N+]#[C-])C(=O)OCC)cc2)(COCCN(C)c2ccc(/C=C(\C#N)C(=O)OCC)cc2)COCCN(C)c2ccc(/C=C(\C#N)C(=O)OCC)cc2)cc1)C(=O)OCC. The van der Waals surface area contributed by atoms with Crippen LogP contribution in [0.4, 0.5) is 22.7 Å². The summed E-state index contributed by atoms with van der Waals surface area (Å²) in [4.78, 5) is 63.7. The third-order valence-electron chi connectivity index (χ3n) is 12.9. The van der Waals surface area contributed by atoms with E-state index >= 15 is 0 Å². The molecule has 0 N–H and O–H groups in total. The molecule has 4 aromatic carbocycles. The van der Waals surface area contributed by atoms with Crippen LogP contribution in [0, 0.1) is 41.2 Å². The van der Waals surface area contributed by atoms with Crippen LogP contribution in [0.25, 0.3) is 34.0 Å². The lowest BCUT2D eigenvalue weighted by Gasteiger charge is -2.34. The van der Waals surface area contributed by atoms with Crippen molar-refractivity contribution < 1.29 is 57.1 Å². The Morgan fingerprint density at radius 3 is 0.882 bits per heavy atom. The molecule has 0 aliphatic heterocycles. The van der Waals surface area contributed by atoms with Gasteiger partial charge in [-0.05, 0) is 123 Å². The summed E-state index contributed by atoms with van der Waals surface area (Å²) in [5.41, 5.74) is 5.02. The molecular formula is C65H76N8O12. The Morgan fingerprint density at radius 2 is 0.659 bits per heavy atom. The molecule has 0 radical (unpaired) electrons. The van der Waals surface area contributed by atoms with E-state index in [1.165, 1.54) is 24.3 Å². The highest BCUT2D eigenvalue weighted by Gasteiger charge is 2.33. The summed E-state index contributed by atoms with van der Waals surface area (Å²) in [6.45, 7) is 26.4. The second kappa shape index (κ2) is 37.0. The molecule has 0 atom stereocenters. The van der Waals surface area contributed by atoms with Gasteiger partial charge in [-0.1, -0.05) is 48.5 Å². The molecule has 0 aliphatic rings. The molecule has 0 heterocycles. The summed E-state index contributed by atoms with van der Waals surface area (Å²) in [5, 5.41) is 19.1. The van der Waals surface area contributed by atoms with Gasteiger partial charge in [0.15, 0.2) is 0 Å². The lowest BCUT2D eigenvalue weighted by atomic mass is 9.92. The average Bonchev–Trinajstić information content (AvgIpc) is 3.68. The van der Waals surface area contributed by atoms with Gasteiger partial charge in [-0.2, -0.15) is 10.5 Å². The molecule has 4 aromatic rings. The minimum Gasteiger partial charge on any atom is -0.471 e. The molecule has 0 aliphatic carbocycles. The largest absolute Gasteiger partial charge is 0.471 e. The first kappa shape index (κ1) is 68.2. The number of anilines is 4. The minimum absolute atomic E-state index is 0.0942. The second-order valence-electron chi connectivity index (χ2n) is 19.3. The van der Waals surface area contributed by atoms with Gasteiger partial charge in [0.2, 0.25) is 0 Å². The summed E-state index contributed by atoms with van der Waals surface area (Å²) in [6.07, 6.45) is 5.97. The van der Waals surface area contributed by atoms with E-state index in [1.807, 2.05) is 157 Å². The van der Waals surface area contributed by atoms with E-state index in [1.54, 1.807) is 27.7 Å².